The highest BCUT2D eigenvalue weighted by Gasteiger charge is 2.47. The Morgan fingerprint density at radius 3 is 2.50 bits per heavy atom. The number of nitrogens with zero attached hydrogens (tertiary/aromatic N) is 2. The van der Waals surface area contributed by atoms with Gasteiger partial charge in [0.1, 0.15) is 23.0 Å². The molecule has 2 aromatic carbocycles. The first kappa shape index (κ1) is 23.3. The quantitative estimate of drug-likeness (QED) is 0.496. The number of nitrogens with one attached hydrogen (secondary N) is 2. The van der Waals surface area contributed by atoms with Crippen molar-refractivity contribution < 1.29 is 36.2 Å². The molecule has 0 fully saturated rings. The molecule has 0 saturated carbocycles. The molecule has 0 unspecified atom stereocenters. The summed E-state index contributed by atoms with van der Waals surface area (Å²) in [4.78, 5) is 12.8. The monoisotopic (exact) mass is 482 g/mol. The highest BCUT2D eigenvalue weighted by atomic mass is 19.4. The molecule has 0 bridgehead atoms. The van der Waals surface area contributed by atoms with E-state index in [1.807, 2.05) is 0 Å². The lowest BCUT2D eigenvalue weighted by Gasteiger charge is -2.34. The Hall–Kier alpha value is -3.83. The fourth-order valence-corrected chi connectivity index (χ4v) is 3.80. The van der Waals surface area contributed by atoms with Gasteiger partial charge in [-0.05, 0) is 29.8 Å². The van der Waals surface area contributed by atoms with Crippen LogP contribution >= 0.6 is 0 Å². The van der Waals surface area contributed by atoms with Gasteiger partial charge in [0.15, 0.2) is 17.5 Å². The highest BCUT2D eigenvalue weighted by molar-refractivity contribution is 6.07. The molecule has 2 N–H and O–H groups in total. The zero-order valence-electron chi connectivity index (χ0n) is 17.9. The Morgan fingerprint density at radius 2 is 1.85 bits per heavy atom. The zero-order valence-corrected chi connectivity index (χ0v) is 17.9. The largest absolute Gasteiger partial charge is 0.493 e. The molecule has 0 radical (unpaired) electrons. The second-order valence-electron chi connectivity index (χ2n) is 7.53. The number of carbonyl (C=O) groups is 1. The summed E-state index contributed by atoms with van der Waals surface area (Å²) in [5, 5.41) is 8.94. The fraction of sp³-hybridized carbons (Fsp3) is 0.273. The highest BCUT2D eigenvalue weighted by Crippen LogP contribution is 2.45. The molecule has 180 valence electrons. The van der Waals surface area contributed by atoms with Crippen LogP contribution in [0.5, 0.6) is 11.5 Å². The predicted octanol–water partition coefficient (Wildman–Crippen LogP) is 5.09. The minimum atomic E-state index is -4.66. The minimum Gasteiger partial charge on any atom is -0.493 e. The van der Waals surface area contributed by atoms with Crippen molar-refractivity contribution in [3.05, 3.63) is 65.4 Å². The van der Waals surface area contributed by atoms with E-state index in [9.17, 15) is 26.7 Å². The summed E-state index contributed by atoms with van der Waals surface area (Å²) in [7, 11) is 2.84. The third kappa shape index (κ3) is 4.35. The van der Waals surface area contributed by atoms with Crippen LogP contribution in [0.25, 0.3) is 0 Å². The van der Waals surface area contributed by atoms with E-state index in [0.717, 1.165) is 18.3 Å². The topological polar surface area (TPSA) is 77.4 Å². The molecule has 7 nitrogen and oxygen atoms in total. The Labute approximate surface area is 190 Å². The van der Waals surface area contributed by atoms with Crippen molar-refractivity contribution in [2.75, 3.05) is 24.9 Å². The van der Waals surface area contributed by atoms with Crippen LogP contribution in [0.3, 0.4) is 0 Å². The summed E-state index contributed by atoms with van der Waals surface area (Å²) < 4.78 is 79.9. The fourth-order valence-electron chi connectivity index (χ4n) is 3.80. The van der Waals surface area contributed by atoms with Crippen LogP contribution in [0.2, 0.25) is 0 Å². The number of methoxy groups -OCH3 is 2. The lowest BCUT2D eigenvalue weighted by atomic mass is 9.96. The zero-order chi connectivity index (χ0) is 24.6. The average molecular weight is 482 g/mol. The number of anilines is 2. The molecule has 34 heavy (non-hydrogen) atoms. The number of hydrogen-bond donors (Lipinski definition) is 2. The van der Waals surface area contributed by atoms with Crippen molar-refractivity contribution in [1.82, 2.24) is 9.78 Å². The Balaban J connectivity index is 1.70. The number of hydrogen-bond acceptors (Lipinski definition) is 5. The molecule has 0 aliphatic carbocycles. The second-order valence-corrected chi connectivity index (χ2v) is 7.53. The molecular formula is C22H19F5N4O3. The third-order valence-corrected chi connectivity index (χ3v) is 5.47. The Kier molecular flexibility index (Phi) is 6.07. The molecule has 1 aliphatic heterocycles. The third-order valence-electron chi connectivity index (χ3n) is 5.47. The van der Waals surface area contributed by atoms with Gasteiger partial charge >= 0.3 is 6.18 Å². The summed E-state index contributed by atoms with van der Waals surface area (Å²) in [5.74, 6) is -2.24. The standard InChI is InChI=1S/C22H19F5N4O3/c1-33-17-6-3-11(7-18(17)34-2)16-9-19(22(25,26)27)31-20(29-16)13(10-28-31)21(32)30-15-5-4-12(23)8-14(15)24/h3-8,10,16,19,29H,9H2,1-2H3,(H,30,32)/t16-,19+/m0/s1. The van der Waals surface area contributed by atoms with Crippen LogP contribution < -0.4 is 20.1 Å². The van der Waals surface area contributed by atoms with Gasteiger partial charge in [-0.2, -0.15) is 18.3 Å². The maximum absolute atomic E-state index is 14.0. The first-order valence-corrected chi connectivity index (χ1v) is 10.0. The molecule has 2 heterocycles. The first-order chi connectivity index (χ1) is 16.1. The number of amides is 1. The summed E-state index contributed by atoms with van der Waals surface area (Å²) in [6.45, 7) is 0. The molecule has 3 aromatic rings. The summed E-state index contributed by atoms with van der Waals surface area (Å²) >= 11 is 0. The van der Waals surface area contributed by atoms with E-state index < -0.39 is 42.2 Å². The lowest BCUT2D eigenvalue weighted by Crippen LogP contribution is -2.36. The van der Waals surface area contributed by atoms with Crippen LogP contribution in [-0.4, -0.2) is 36.1 Å². The van der Waals surface area contributed by atoms with E-state index in [0.29, 0.717) is 27.8 Å². The lowest BCUT2D eigenvalue weighted by molar-refractivity contribution is -0.173. The van der Waals surface area contributed by atoms with E-state index in [1.54, 1.807) is 18.2 Å². The molecule has 0 saturated heterocycles. The molecule has 12 heteroatoms. The summed E-state index contributed by atoms with van der Waals surface area (Å²) in [6.07, 6.45) is -4.09. The number of rotatable bonds is 5. The van der Waals surface area contributed by atoms with Crippen LogP contribution in [-0.2, 0) is 0 Å². The van der Waals surface area contributed by atoms with Crippen LogP contribution in [0.15, 0.2) is 42.6 Å². The minimum absolute atomic E-state index is 0.187. The van der Waals surface area contributed by atoms with E-state index >= 15 is 0 Å². The Bertz CT molecular complexity index is 1230. The molecule has 0 spiro atoms. The van der Waals surface area contributed by atoms with Crippen molar-refractivity contribution in [2.24, 2.45) is 0 Å². The van der Waals surface area contributed by atoms with E-state index in [-0.39, 0.29) is 17.1 Å². The Morgan fingerprint density at radius 1 is 1.12 bits per heavy atom. The number of fused-ring (bicyclic) bond motifs is 1. The van der Waals surface area contributed by atoms with Gasteiger partial charge in [-0.3, -0.25) is 4.79 Å². The number of halogens is 5. The van der Waals surface area contributed by atoms with Crippen LogP contribution in [0.4, 0.5) is 33.5 Å². The van der Waals surface area contributed by atoms with Gasteiger partial charge in [-0.1, -0.05) is 6.07 Å². The number of carbonyl (C=O) groups excluding carboxylic acids is 1. The molecule has 1 aromatic heterocycles. The van der Waals surface area contributed by atoms with E-state index in [1.165, 1.54) is 14.2 Å². The average Bonchev–Trinajstić information content (AvgIpc) is 3.23. The van der Waals surface area contributed by atoms with Crippen LogP contribution in [0.1, 0.15) is 34.4 Å². The van der Waals surface area contributed by atoms with E-state index in [2.05, 4.69) is 15.7 Å². The van der Waals surface area contributed by atoms with Gasteiger partial charge in [0.05, 0.1) is 32.1 Å². The molecule has 4 rings (SSSR count). The molecule has 2 atom stereocenters. The van der Waals surface area contributed by atoms with Crippen molar-refractivity contribution >= 4 is 17.4 Å². The van der Waals surface area contributed by atoms with Crippen LogP contribution in [0, 0.1) is 11.6 Å². The smallest absolute Gasteiger partial charge is 0.410 e. The van der Waals surface area contributed by atoms with Crippen molar-refractivity contribution in [3.8, 4) is 11.5 Å². The number of aromatic nitrogens is 2. The van der Waals surface area contributed by atoms with Crippen molar-refractivity contribution in [2.45, 2.75) is 24.7 Å². The maximum Gasteiger partial charge on any atom is 0.410 e. The van der Waals surface area contributed by atoms with Gasteiger partial charge in [0, 0.05) is 12.5 Å². The van der Waals surface area contributed by atoms with Gasteiger partial charge < -0.3 is 20.1 Å². The van der Waals surface area contributed by atoms with Gasteiger partial charge in [0.25, 0.3) is 5.91 Å². The predicted molar refractivity (Wildman–Crippen MR) is 112 cm³/mol. The molecule has 1 amide bonds. The summed E-state index contributed by atoms with van der Waals surface area (Å²) in [6, 6.07) is 4.35. The number of ether oxygens (including phenoxy) is 2. The van der Waals surface area contributed by atoms with Crippen molar-refractivity contribution in [3.63, 3.8) is 0 Å². The normalized spacial score (nSPS) is 17.5. The van der Waals surface area contributed by atoms with Gasteiger partial charge in [-0.25, -0.2) is 13.5 Å². The molecular weight excluding hydrogens is 463 g/mol. The second kappa shape index (κ2) is 8.84. The molecule has 1 aliphatic rings. The summed E-state index contributed by atoms with van der Waals surface area (Å²) in [5.41, 5.74) is -0.0931. The van der Waals surface area contributed by atoms with Gasteiger partial charge in [0.2, 0.25) is 0 Å². The SMILES string of the molecule is COc1ccc([C@@H]2C[C@H](C(F)(F)F)n3ncc(C(=O)Nc4ccc(F)cc4F)c3N2)cc1OC. The van der Waals surface area contributed by atoms with E-state index in [4.69, 9.17) is 9.47 Å². The number of benzene rings is 2. The maximum atomic E-state index is 14.0. The first-order valence-electron chi connectivity index (χ1n) is 10.0. The van der Waals surface area contributed by atoms with Crippen molar-refractivity contribution in [1.29, 1.82) is 0 Å². The number of alkyl halides is 3. The van der Waals surface area contributed by atoms with Gasteiger partial charge in [-0.15, -0.1) is 0 Å².